The summed E-state index contributed by atoms with van der Waals surface area (Å²) < 4.78 is 26.7. The molecule has 1 amide bonds. The van der Waals surface area contributed by atoms with Gasteiger partial charge in [0.25, 0.3) is 0 Å². The number of benzene rings is 2. The summed E-state index contributed by atoms with van der Waals surface area (Å²) >= 11 is 5.81. The molecule has 1 aliphatic heterocycles. The van der Waals surface area contributed by atoms with Crippen LogP contribution in [-0.4, -0.2) is 38.9 Å². The van der Waals surface area contributed by atoms with Crippen LogP contribution in [0, 0.1) is 0 Å². The van der Waals surface area contributed by atoms with Crippen molar-refractivity contribution in [3.63, 3.8) is 0 Å². The molecule has 0 atom stereocenters. The zero-order valence-electron chi connectivity index (χ0n) is 14.1. The van der Waals surface area contributed by atoms with Crippen LogP contribution in [0.25, 0.3) is 0 Å². The largest absolute Gasteiger partial charge is 0.354 e. The molecule has 1 aliphatic rings. The molecule has 3 rings (SSSR count). The Kier molecular flexibility index (Phi) is 5.93. The highest BCUT2D eigenvalue weighted by Gasteiger charge is 2.20. The first-order valence-electron chi connectivity index (χ1n) is 8.25. The lowest BCUT2D eigenvalue weighted by atomic mass is 10.1. The molecule has 8 heteroatoms. The topological polar surface area (TPSA) is 78.5 Å². The highest BCUT2D eigenvalue weighted by Crippen LogP contribution is 2.21. The summed E-state index contributed by atoms with van der Waals surface area (Å²) in [5.74, 6) is -0.125. The monoisotopic (exact) mass is 393 g/mol. The number of hydrogen-bond acceptors (Lipinski definition) is 4. The summed E-state index contributed by atoms with van der Waals surface area (Å²) in [5.41, 5.74) is 2.49. The third-order valence-corrected chi connectivity index (χ3v) is 5.81. The number of hydrogen-bond donors (Lipinski definition) is 2. The summed E-state index contributed by atoms with van der Waals surface area (Å²) in [6.07, 6.45) is 0. The zero-order chi connectivity index (χ0) is 18.6. The number of nitrogens with one attached hydrogen (secondary N) is 2. The van der Waals surface area contributed by atoms with Gasteiger partial charge < -0.3 is 5.32 Å². The summed E-state index contributed by atoms with van der Waals surface area (Å²) in [4.78, 5) is 14.2. The van der Waals surface area contributed by atoms with Crippen LogP contribution in [0.1, 0.15) is 11.1 Å². The van der Waals surface area contributed by atoms with E-state index in [0.29, 0.717) is 5.02 Å². The van der Waals surface area contributed by atoms with Crippen LogP contribution in [0.5, 0.6) is 0 Å². The van der Waals surface area contributed by atoms with Crippen molar-refractivity contribution in [3.05, 3.63) is 64.7 Å². The number of fused-ring (bicyclic) bond motifs is 1. The Hall–Kier alpha value is -1.93. The molecule has 2 aromatic carbocycles. The first-order valence-corrected chi connectivity index (χ1v) is 10.1. The standard InChI is InChI=1S/C18H20ClN3O3S/c19-16-6-3-7-17(10-16)26(24,25)21-9-8-20-18(23)13-22-11-14-4-1-2-5-15(14)12-22/h1-7,10,21H,8-9,11-13H2,(H,20,23). The van der Waals surface area contributed by atoms with Gasteiger partial charge in [0.05, 0.1) is 11.4 Å². The lowest BCUT2D eigenvalue weighted by molar-refractivity contribution is -0.122. The molecule has 6 nitrogen and oxygen atoms in total. The van der Waals surface area contributed by atoms with Gasteiger partial charge in [0.2, 0.25) is 15.9 Å². The summed E-state index contributed by atoms with van der Waals surface area (Å²) in [5, 5.41) is 3.09. The number of nitrogens with zero attached hydrogens (tertiary/aromatic N) is 1. The Morgan fingerprint density at radius 2 is 1.73 bits per heavy atom. The molecule has 0 aromatic heterocycles. The molecule has 0 saturated carbocycles. The van der Waals surface area contributed by atoms with Gasteiger partial charge in [0.1, 0.15) is 0 Å². The van der Waals surface area contributed by atoms with Crippen molar-refractivity contribution in [3.8, 4) is 0 Å². The van der Waals surface area contributed by atoms with Crippen molar-refractivity contribution in [2.24, 2.45) is 0 Å². The Morgan fingerprint density at radius 1 is 1.04 bits per heavy atom. The fourth-order valence-corrected chi connectivity index (χ4v) is 4.21. The molecule has 1 heterocycles. The molecule has 26 heavy (non-hydrogen) atoms. The van der Waals surface area contributed by atoms with E-state index >= 15 is 0 Å². The van der Waals surface area contributed by atoms with Crippen LogP contribution in [0.15, 0.2) is 53.4 Å². The minimum atomic E-state index is -3.64. The Morgan fingerprint density at radius 3 is 2.38 bits per heavy atom. The molecule has 2 N–H and O–H groups in total. The molecule has 0 unspecified atom stereocenters. The number of halogens is 1. The third kappa shape index (κ3) is 4.82. The van der Waals surface area contributed by atoms with Gasteiger partial charge in [-0.2, -0.15) is 0 Å². The molecule has 138 valence electrons. The van der Waals surface area contributed by atoms with Crippen molar-refractivity contribution < 1.29 is 13.2 Å². The second kappa shape index (κ2) is 8.18. The Balaban J connectivity index is 1.41. The van der Waals surface area contributed by atoms with Crippen molar-refractivity contribution in [1.82, 2.24) is 14.9 Å². The van der Waals surface area contributed by atoms with Gasteiger partial charge in [-0.05, 0) is 29.3 Å². The summed E-state index contributed by atoms with van der Waals surface area (Å²) in [6.45, 7) is 2.13. The van der Waals surface area contributed by atoms with E-state index in [4.69, 9.17) is 11.6 Å². The van der Waals surface area contributed by atoms with E-state index in [2.05, 4.69) is 27.1 Å². The van der Waals surface area contributed by atoms with Gasteiger partial charge in [0, 0.05) is 31.2 Å². The van der Waals surface area contributed by atoms with Crippen molar-refractivity contribution >= 4 is 27.5 Å². The van der Waals surface area contributed by atoms with Crippen LogP contribution >= 0.6 is 11.6 Å². The van der Waals surface area contributed by atoms with Gasteiger partial charge in [-0.1, -0.05) is 41.9 Å². The second-order valence-electron chi connectivity index (χ2n) is 6.12. The average molecular weight is 394 g/mol. The number of sulfonamides is 1. The van der Waals surface area contributed by atoms with Crippen LogP contribution < -0.4 is 10.0 Å². The predicted molar refractivity (Wildman–Crippen MR) is 100 cm³/mol. The van der Waals surface area contributed by atoms with E-state index in [9.17, 15) is 13.2 Å². The van der Waals surface area contributed by atoms with Gasteiger partial charge in [0.15, 0.2) is 0 Å². The lowest BCUT2D eigenvalue weighted by Crippen LogP contribution is -2.39. The van der Waals surface area contributed by atoms with Gasteiger partial charge in [-0.15, -0.1) is 0 Å². The zero-order valence-corrected chi connectivity index (χ0v) is 15.7. The van der Waals surface area contributed by atoms with Crippen LogP contribution in [-0.2, 0) is 27.9 Å². The number of carbonyl (C=O) groups excluding carboxylic acids is 1. The van der Waals surface area contributed by atoms with E-state index in [1.807, 2.05) is 12.1 Å². The van der Waals surface area contributed by atoms with E-state index in [1.54, 1.807) is 12.1 Å². The van der Waals surface area contributed by atoms with Gasteiger partial charge in [-0.3, -0.25) is 9.69 Å². The molecule has 0 radical (unpaired) electrons. The fraction of sp³-hybridized carbons (Fsp3) is 0.278. The third-order valence-electron chi connectivity index (χ3n) is 4.12. The summed E-state index contributed by atoms with van der Waals surface area (Å²) in [7, 11) is -3.64. The number of carbonyl (C=O) groups is 1. The van der Waals surface area contributed by atoms with Gasteiger partial charge >= 0.3 is 0 Å². The van der Waals surface area contributed by atoms with E-state index in [0.717, 1.165) is 13.1 Å². The average Bonchev–Trinajstić information content (AvgIpc) is 3.01. The second-order valence-corrected chi connectivity index (χ2v) is 8.32. The van der Waals surface area contributed by atoms with Crippen LogP contribution in [0.3, 0.4) is 0 Å². The van der Waals surface area contributed by atoms with Crippen molar-refractivity contribution in [2.45, 2.75) is 18.0 Å². The molecule has 0 saturated heterocycles. The molecule has 0 fully saturated rings. The Labute approximate surface area is 158 Å². The van der Waals surface area contributed by atoms with Crippen LogP contribution in [0.4, 0.5) is 0 Å². The maximum absolute atomic E-state index is 12.1. The maximum atomic E-state index is 12.1. The molecular formula is C18H20ClN3O3S. The van der Waals surface area contributed by atoms with E-state index < -0.39 is 10.0 Å². The quantitative estimate of drug-likeness (QED) is 0.702. The number of amides is 1. The molecule has 0 aliphatic carbocycles. The Bertz CT molecular complexity index is 877. The maximum Gasteiger partial charge on any atom is 0.240 e. The first kappa shape index (κ1) is 18.8. The molecular weight excluding hydrogens is 374 g/mol. The van der Waals surface area contributed by atoms with Crippen LogP contribution in [0.2, 0.25) is 5.02 Å². The van der Waals surface area contributed by atoms with E-state index in [-0.39, 0.29) is 30.4 Å². The van der Waals surface area contributed by atoms with E-state index in [1.165, 1.54) is 23.3 Å². The fourth-order valence-electron chi connectivity index (χ4n) is 2.88. The number of rotatable bonds is 7. The molecule has 0 bridgehead atoms. The predicted octanol–water partition coefficient (Wildman–Crippen LogP) is 1.75. The minimum Gasteiger partial charge on any atom is -0.354 e. The highest BCUT2D eigenvalue weighted by atomic mass is 35.5. The molecule has 0 spiro atoms. The first-order chi connectivity index (χ1) is 12.4. The smallest absolute Gasteiger partial charge is 0.240 e. The lowest BCUT2D eigenvalue weighted by Gasteiger charge is -2.14. The summed E-state index contributed by atoms with van der Waals surface area (Å²) in [6, 6.07) is 14.2. The van der Waals surface area contributed by atoms with Crippen molar-refractivity contribution in [1.29, 1.82) is 0 Å². The highest BCUT2D eigenvalue weighted by molar-refractivity contribution is 7.89. The molecule has 2 aromatic rings. The van der Waals surface area contributed by atoms with Crippen molar-refractivity contribution in [2.75, 3.05) is 19.6 Å². The normalized spacial score (nSPS) is 14.2. The SMILES string of the molecule is O=C(CN1Cc2ccccc2C1)NCCNS(=O)(=O)c1cccc(Cl)c1. The minimum absolute atomic E-state index is 0.103. The van der Waals surface area contributed by atoms with Gasteiger partial charge in [-0.25, -0.2) is 13.1 Å².